The number of benzene rings is 1. The molecule has 0 saturated carbocycles. The van der Waals surface area contributed by atoms with Gasteiger partial charge in [-0.2, -0.15) is 0 Å². The molecule has 0 aliphatic carbocycles. The molecule has 2 aliphatic rings. The monoisotopic (exact) mass is 342 g/mol. The molecule has 0 atom stereocenters. The zero-order valence-electron chi connectivity index (χ0n) is 16.0. The molecular weight excluding hydrogens is 308 g/mol. The van der Waals surface area contributed by atoms with Gasteiger partial charge >= 0.3 is 0 Å². The molecule has 0 spiro atoms. The van der Waals surface area contributed by atoms with Crippen LogP contribution < -0.4 is 0 Å². The van der Waals surface area contributed by atoms with Crippen LogP contribution in [0.15, 0.2) is 24.3 Å². The summed E-state index contributed by atoms with van der Waals surface area (Å²) in [6, 6.07) is 9.29. The Bertz CT molecular complexity index is 538. The van der Waals surface area contributed by atoms with Gasteiger partial charge in [0.2, 0.25) is 5.91 Å². The molecule has 1 amide bonds. The second kappa shape index (κ2) is 8.84. The third-order valence-electron chi connectivity index (χ3n) is 5.82. The smallest absolute Gasteiger partial charge is 0.225 e. The lowest BCUT2D eigenvalue weighted by atomic mass is 9.89. The molecular formula is C22H34N2O. The Kier molecular flexibility index (Phi) is 6.52. The van der Waals surface area contributed by atoms with Crippen molar-refractivity contribution in [3.63, 3.8) is 0 Å². The highest BCUT2D eigenvalue weighted by atomic mass is 16.2. The molecule has 2 aliphatic heterocycles. The summed E-state index contributed by atoms with van der Waals surface area (Å²) < 4.78 is 0. The number of hydrogen-bond acceptors (Lipinski definition) is 2. The van der Waals surface area contributed by atoms with Crippen molar-refractivity contribution in [3.8, 4) is 0 Å². The Morgan fingerprint density at radius 1 is 0.960 bits per heavy atom. The first-order valence-electron chi connectivity index (χ1n) is 10.2. The van der Waals surface area contributed by atoms with Gasteiger partial charge in [0.25, 0.3) is 0 Å². The molecule has 0 unspecified atom stereocenters. The van der Waals surface area contributed by atoms with E-state index in [-0.39, 0.29) is 5.92 Å². The van der Waals surface area contributed by atoms with Crippen molar-refractivity contribution in [3.05, 3.63) is 35.4 Å². The number of carbonyl (C=O) groups excluding carboxylic acids is 1. The van der Waals surface area contributed by atoms with E-state index in [4.69, 9.17) is 0 Å². The van der Waals surface area contributed by atoms with Gasteiger partial charge < -0.3 is 4.90 Å². The maximum atomic E-state index is 12.1. The summed E-state index contributed by atoms with van der Waals surface area (Å²) in [7, 11) is 0. The number of amides is 1. The third-order valence-corrected chi connectivity index (χ3v) is 5.82. The third kappa shape index (κ3) is 5.31. The summed E-state index contributed by atoms with van der Waals surface area (Å²) in [6.07, 6.45) is 7.57. The average Bonchev–Trinajstić information content (AvgIpc) is 2.64. The van der Waals surface area contributed by atoms with Crippen LogP contribution in [-0.2, 0) is 17.8 Å². The Balaban J connectivity index is 1.45. The van der Waals surface area contributed by atoms with Gasteiger partial charge in [-0.25, -0.2) is 0 Å². The molecule has 2 heterocycles. The van der Waals surface area contributed by atoms with E-state index in [1.165, 1.54) is 43.5 Å². The van der Waals surface area contributed by atoms with Crippen LogP contribution in [0.2, 0.25) is 0 Å². The number of rotatable bonds is 5. The lowest BCUT2D eigenvalue weighted by Gasteiger charge is -2.33. The van der Waals surface area contributed by atoms with Crippen molar-refractivity contribution in [2.45, 2.75) is 58.9 Å². The summed E-state index contributed by atoms with van der Waals surface area (Å²) in [6.45, 7) is 9.50. The number of nitrogens with zero attached hydrogens (tertiary/aromatic N) is 2. The van der Waals surface area contributed by atoms with Gasteiger partial charge in [-0.05, 0) is 62.2 Å². The van der Waals surface area contributed by atoms with Gasteiger partial charge in [0, 0.05) is 25.6 Å². The molecule has 3 heteroatoms. The van der Waals surface area contributed by atoms with E-state index in [1.54, 1.807) is 0 Å². The highest BCUT2D eigenvalue weighted by Gasteiger charge is 2.24. The first kappa shape index (κ1) is 18.4. The zero-order valence-corrected chi connectivity index (χ0v) is 16.0. The number of piperidine rings is 2. The van der Waals surface area contributed by atoms with Gasteiger partial charge in [-0.1, -0.05) is 44.5 Å². The Hall–Kier alpha value is -1.35. The normalized spacial score (nSPS) is 20.2. The van der Waals surface area contributed by atoms with Crippen LogP contribution >= 0.6 is 0 Å². The van der Waals surface area contributed by atoms with Gasteiger partial charge in [0.05, 0.1) is 0 Å². The molecule has 1 aromatic carbocycles. The van der Waals surface area contributed by atoms with E-state index < -0.39 is 0 Å². The van der Waals surface area contributed by atoms with E-state index in [1.807, 2.05) is 13.8 Å². The maximum absolute atomic E-state index is 12.1. The lowest BCUT2D eigenvalue weighted by molar-refractivity contribution is -0.135. The van der Waals surface area contributed by atoms with Crippen molar-refractivity contribution in [1.82, 2.24) is 9.80 Å². The van der Waals surface area contributed by atoms with Crippen molar-refractivity contribution in [2.75, 3.05) is 26.2 Å². The van der Waals surface area contributed by atoms with Crippen molar-refractivity contribution < 1.29 is 4.79 Å². The maximum Gasteiger partial charge on any atom is 0.225 e. The van der Waals surface area contributed by atoms with Crippen molar-refractivity contribution in [1.29, 1.82) is 0 Å². The Morgan fingerprint density at radius 3 is 2.16 bits per heavy atom. The molecule has 1 aromatic rings. The number of carbonyl (C=O) groups is 1. The van der Waals surface area contributed by atoms with Crippen molar-refractivity contribution >= 4 is 5.91 Å². The molecule has 2 saturated heterocycles. The van der Waals surface area contributed by atoms with Crippen LogP contribution in [0.1, 0.15) is 57.1 Å². The van der Waals surface area contributed by atoms with Gasteiger partial charge in [0.1, 0.15) is 0 Å². The SMILES string of the molecule is CC(C)C(=O)N1CCC(Cc2ccc(CN3CCCCC3)cc2)CC1. The first-order chi connectivity index (χ1) is 12.1. The molecule has 0 N–H and O–H groups in total. The second-order valence-corrected chi connectivity index (χ2v) is 8.28. The standard InChI is InChI=1S/C22H34N2O/c1-18(2)22(25)24-14-10-20(11-15-24)16-19-6-8-21(9-7-19)17-23-12-4-3-5-13-23/h6-9,18,20H,3-5,10-17H2,1-2H3. The quantitative estimate of drug-likeness (QED) is 0.804. The van der Waals surface area contributed by atoms with E-state index in [0.29, 0.717) is 5.91 Å². The summed E-state index contributed by atoms with van der Waals surface area (Å²) in [4.78, 5) is 16.7. The fourth-order valence-electron chi connectivity index (χ4n) is 4.21. The molecule has 2 fully saturated rings. The second-order valence-electron chi connectivity index (χ2n) is 8.28. The minimum Gasteiger partial charge on any atom is -0.342 e. The minimum absolute atomic E-state index is 0.129. The van der Waals surface area contributed by atoms with Crippen LogP contribution in [0.4, 0.5) is 0 Å². The topological polar surface area (TPSA) is 23.6 Å². The first-order valence-corrected chi connectivity index (χ1v) is 10.2. The summed E-state index contributed by atoms with van der Waals surface area (Å²) in [5.74, 6) is 1.17. The van der Waals surface area contributed by atoms with Crippen LogP contribution in [0.3, 0.4) is 0 Å². The molecule has 3 rings (SSSR count). The minimum atomic E-state index is 0.129. The van der Waals surface area contributed by atoms with Crippen LogP contribution in [0, 0.1) is 11.8 Å². The highest BCUT2D eigenvalue weighted by Crippen LogP contribution is 2.23. The lowest BCUT2D eigenvalue weighted by Crippen LogP contribution is -2.40. The summed E-state index contributed by atoms with van der Waals surface area (Å²) in [5.41, 5.74) is 2.90. The predicted octanol–water partition coefficient (Wildman–Crippen LogP) is 4.11. The van der Waals surface area contributed by atoms with Gasteiger partial charge in [-0.15, -0.1) is 0 Å². The highest BCUT2D eigenvalue weighted by molar-refractivity contribution is 5.78. The summed E-state index contributed by atoms with van der Waals surface area (Å²) >= 11 is 0. The van der Waals surface area contributed by atoms with E-state index in [0.717, 1.165) is 44.8 Å². The van der Waals surface area contributed by atoms with Crippen LogP contribution in [0.25, 0.3) is 0 Å². The Labute approximate surface area is 153 Å². The number of likely N-dealkylation sites (tertiary alicyclic amines) is 2. The molecule has 0 bridgehead atoms. The average molecular weight is 343 g/mol. The fourth-order valence-corrected chi connectivity index (χ4v) is 4.21. The molecule has 25 heavy (non-hydrogen) atoms. The van der Waals surface area contributed by atoms with Crippen molar-refractivity contribution in [2.24, 2.45) is 11.8 Å². The largest absolute Gasteiger partial charge is 0.342 e. The molecule has 0 aromatic heterocycles. The molecule has 0 radical (unpaired) electrons. The van der Waals surface area contributed by atoms with Gasteiger partial charge in [0.15, 0.2) is 0 Å². The van der Waals surface area contributed by atoms with E-state index in [9.17, 15) is 4.79 Å². The summed E-state index contributed by atoms with van der Waals surface area (Å²) in [5, 5.41) is 0. The van der Waals surface area contributed by atoms with Crippen LogP contribution in [0.5, 0.6) is 0 Å². The molecule has 3 nitrogen and oxygen atoms in total. The fraction of sp³-hybridized carbons (Fsp3) is 0.682. The number of hydrogen-bond donors (Lipinski definition) is 0. The predicted molar refractivity (Wildman–Crippen MR) is 103 cm³/mol. The molecule has 138 valence electrons. The van der Waals surface area contributed by atoms with E-state index in [2.05, 4.69) is 34.1 Å². The van der Waals surface area contributed by atoms with E-state index >= 15 is 0 Å². The van der Waals surface area contributed by atoms with Crippen LogP contribution in [-0.4, -0.2) is 41.9 Å². The van der Waals surface area contributed by atoms with Gasteiger partial charge in [-0.3, -0.25) is 9.69 Å². The Morgan fingerprint density at radius 2 is 1.56 bits per heavy atom. The zero-order chi connectivity index (χ0) is 17.6.